The lowest BCUT2D eigenvalue weighted by Gasteiger charge is -2.12. The lowest BCUT2D eigenvalue weighted by Crippen LogP contribution is -2.08. The Morgan fingerprint density at radius 2 is 1.74 bits per heavy atom. The highest BCUT2D eigenvalue weighted by Crippen LogP contribution is 2.34. The fourth-order valence-electron chi connectivity index (χ4n) is 1.66. The zero-order valence-corrected chi connectivity index (χ0v) is 12.8. The Bertz CT molecular complexity index is 721. The van der Waals surface area contributed by atoms with Gasteiger partial charge in [-0.1, -0.05) is 52.9 Å². The van der Waals surface area contributed by atoms with Gasteiger partial charge in [0.2, 0.25) is 0 Å². The van der Waals surface area contributed by atoms with Gasteiger partial charge < -0.3 is 0 Å². The predicted molar refractivity (Wildman–Crippen MR) is 81.5 cm³/mol. The molecule has 0 aliphatic carbocycles. The molecule has 5 heteroatoms. The molecule has 0 saturated heterocycles. The third-order valence-corrected chi connectivity index (χ3v) is 7.10. The lowest BCUT2D eigenvalue weighted by atomic mass is 10.2. The smallest absolute Gasteiger partial charge is 0.194 e. The van der Waals surface area contributed by atoms with Crippen LogP contribution in [0.5, 0.6) is 0 Å². The van der Waals surface area contributed by atoms with Gasteiger partial charge in [-0.05, 0) is 29.8 Å². The second-order valence-corrected chi connectivity index (χ2v) is 8.04. The topological polar surface area (TPSA) is 57.9 Å². The zero-order chi connectivity index (χ0) is 13.9. The van der Waals surface area contributed by atoms with Crippen LogP contribution in [0.3, 0.4) is 0 Å². The van der Waals surface area contributed by atoms with Crippen LogP contribution >= 0.6 is 22.6 Å². The fraction of sp³-hybridized carbons (Fsp3) is 0.0714. The van der Waals surface area contributed by atoms with Gasteiger partial charge >= 0.3 is 0 Å². The molecule has 0 bridgehead atoms. The Hall–Kier alpha value is -1.39. The predicted octanol–water partition coefficient (Wildman–Crippen LogP) is 3.47. The van der Waals surface area contributed by atoms with Crippen LogP contribution < -0.4 is 0 Å². The Kier molecular flexibility index (Phi) is 4.22. The minimum atomic E-state index is -3.44. The highest BCUT2D eigenvalue weighted by atomic mass is 127. The van der Waals surface area contributed by atoms with Gasteiger partial charge in [-0.15, -0.1) is 0 Å². The largest absolute Gasteiger partial charge is 0.222 e. The van der Waals surface area contributed by atoms with Crippen LogP contribution in [-0.2, 0) is 9.84 Å². The van der Waals surface area contributed by atoms with Gasteiger partial charge in [-0.2, -0.15) is 5.26 Å². The highest BCUT2D eigenvalue weighted by Gasteiger charge is 2.26. The molecule has 0 spiro atoms. The second-order valence-electron chi connectivity index (χ2n) is 3.91. The average Bonchev–Trinajstić information content (AvgIpc) is 2.47. The number of halogens is 1. The van der Waals surface area contributed by atoms with Crippen molar-refractivity contribution in [3.8, 4) is 6.07 Å². The van der Waals surface area contributed by atoms with Crippen molar-refractivity contribution in [3.63, 3.8) is 0 Å². The summed E-state index contributed by atoms with van der Waals surface area (Å²) in [6, 6.07) is 17.0. The summed E-state index contributed by atoms with van der Waals surface area (Å²) in [5, 5.41) is 8.86. The zero-order valence-electron chi connectivity index (χ0n) is 9.82. The molecule has 0 N–H and O–H groups in total. The molecule has 2 aromatic carbocycles. The maximum atomic E-state index is 12.4. The minimum absolute atomic E-state index is 0.289. The van der Waals surface area contributed by atoms with Crippen molar-refractivity contribution in [1.29, 1.82) is 5.26 Å². The van der Waals surface area contributed by atoms with Crippen molar-refractivity contribution in [2.24, 2.45) is 0 Å². The Labute approximate surface area is 125 Å². The number of nitrogens with zero attached hydrogens (tertiary/aromatic N) is 1. The van der Waals surface area contributed by atoms with E-state index in [1.54, 1.807) is 54.6 Å². The molecule has 1 atom stereocenters. The maximum absolute atomic E-state index is 12.4. The number of rotatable bonds is 3. The summed E-state index contributed by atoms with van der Waals surface area (Å²) in [6.45, 7) is 0. The van der Waals surface area contributed by atoms with Crippen LogP contribution in [-0.4, -0.2) is 8.42 Å². The van der Waals surface area contributed by atoms with E-state index in [0.717, 1.165) is 0 Å². The van der Waals surface area contributed by atoms with Crippen LogP contribution in [0.1, 0.15) is 14.4 Å². The highest BCUT2D eigenvalue weighted by molar-refractivity contribution is 14.1. The molecule has 96 valence electrons. The quantitative estimate of drug-likeness (QED) is 0.603. The Morgan fingerprint density at radius 3 is 2.37 bits per heavy atom. The number of sulfone groups is 1. The number of hydrogen-bond acceptors (Lipinski definition) is 3. The van der Waals surface area contributed by atoms with Crippen molar-refractivity contribution < 1.29 is 8.42 Å². The molecule has 0 radical (unpaired) electrons. The number of nitriles is 1. The lowest BCUT2D eigenvalue weighted by molar-refractivity contribution is 0.595. The third kappa shape index (κ3) is 2.96. The molecule has 2 rings (SSSR count). The van der Waals surface area contributed by atoms with Gasteiger partial charge in [0.25, 0.3) is 0 Å². The standard InChI is InChI=1S/C14H10INO2S/c15-14(12-6-4-5-11(9-12)10-16)19(17,18)13-7-2-1-3-8-13/h1-9,14H. The summed E-state index contributed by atoms with van der Waals surface area (Å²) in [4.78, 5) is 0.289. The van der Waals surface area contributed by atoms with E-state index in [-0.39, 0.29) is 4.90 Å². The molecule has 0 aromatic heterocycles. The van der Waals surface area contributed by atoms with Gasteiger partial charge in [0.15, 0.2) is 9.84 Å². The molecule has 0 aliphatic heterocycles. The summed E-state index contributed by atoms with van der Waals surface area (Å²) in [5.74, 6) is 0. The van der Waals surface area contributed by atoms with Crippen LogP contribution in [0.15, 0.2) is 59.5 Å². The van der Waals surface area contributed by atoms with E-state index >= 15 is 0 Å². The monoisotopic (exact) mass is 383 g/mol. The van der Waals surface area contributed by atoms with E-state index in [9.17, 15) is 8.42 Å². The second kappa shape index (κ2) is 5.72. The first-order valence-electron chi connectivity index (χ1n) is 5.49. The molecule has 2 aromatic rings. The summed E-state index contributed by atoms with van der Waals surface area (Å²) in [6.07, 6.45) is 0. The molecular formula is C14H10INO2S. The fourth-order valence-corrected chi connectivity index (χ4v) is 4.21. The van der Waals surface area contributed by atoms with Crippen LogP contribution in [0, 0.1) is 11.3 Å². The maximum Gasteiger partial charge on any atom is 0.194 e. The SMILES string of the molecule is N#Cc1cccc(C(I)S(=O)(=O)c2ccccc2)c1. The van der Waals surface area contributed by atoms with E-state index in [1.165, 1.54) is 0 Å². The third-order valence-electron chi connectivity index (χ3n) is 2.62. The van der Waals surface area contributed by atoms with Gasteiger partial charge in [0, 0.05) is 0 Å². The first-order valence-corrected chi connectivity index (χ1v) is 8.28. The number of benzene rings is 2. The summed E-state index contributed by atoms with van der Waals surface area (Å²) >= 11 is 1.89. The van der Waals surface area contributed by atoms with E-state index in [0.29, 0.717) is 11.1 Å². The molecule has 0 fully saturated rings. The molecule has 1 unspecified atom stereocenters. The van der Waals surface area contributed by atoms with Crippen molar-refractivity contribution in [2.45, 2.75) is 8.15 Å². The molecule has 0 saturated carbocycles. The van der Waals surface area contributed by atoms with E-state index < -0.39 is 13.1 Å². The van der Waals surface area contributed by atoms with Gasteiger partial charge in [0.05, 0.1) is 16.5 Å². The molecule has 3 nitrogen and oxygen atoms in total. The summed E-state index contributed by atoms with van der Waals surface area (Å²) in [5.41, 5.74) is 1.07. The van der Waals surface area contributed by atoms with Crippen LogP contribution in [0.25, 0.3) is 0 Å². The van der Waals surface area contributed by atoms with E-state index in [4.69, 9.17) is 5.26 Å². The Morgan fingerprint density at radius 1 is 1.05 bits per heavy atom. The molecular weight excluding hydrogens is 373 g/mol. The number of hydrogen-bond donors (Lipinski definition) is 0. The Balaban J connectivity index is 2.44. The minimum Gasteiger partial charge on any atom is -0.222 e. The van der Waals surface area contributed by atoms with Crippen molar-refractivity contribution >= 4 is 32.4 Å². The van der Waals surface area contributed by atoms with Gasteiger partial charge in [-0.3, -0.25) is 0 Å². The first-order chi connectivity index (χ1) is 9.05. The van der Waals surface area contributed by atoms with Crippen molar-refractivity contribution in [1.82, 2.24) is 0 Å². The number of alkyl halides is 1. The molecule has 0 heterocycles. The van der Waals surface area contributed by atoms with Crippen molar-refractivity contribution in [2.75, 3.05) is 0 Å². The first kappa shape index (κ1) is 14.0. The van der Waals surface area contributed by atoms with Crippen LogP contribution in [0.2, 0.25) is 0 Å². The summed E-state index contributed by atoms with van der Waals surface area (Å²) in [7, 11) is -3.44. The van der Waals surface area contributed by atoms with E-state index in [2.05, 4.69) is 0 Å². The van der Waals surface area contributed by atoms with E-state index in [1.807, 2.05) is 28.7 Å². The van der Waals surface area contributed by atoms with Crippen LogP contribution in [0.4, 0.5) is 0 Å². The van der Waals surface area contributed by atoms with Gasteiger partial charge in [-0.25, -0.2) is 8.42 Å². The normalized spacial score (nSPS) is 12.6. The van der Waals surface area contributed by atoms with Crippen molar-refractivity contribution in [3.05, 3.63) is 65.7 Å². The average molecular weight is 383 g/mol. The molecule has 0 aliphatic rings. The molecule has 0 amide bonds. The van der Waals surface area contributed by atoms with Gasteiger partial charge in [0.1, 0.15) is 3.26 Å². The molecule has 19 heavy (non-hydrogen) atoms. The summed E-state index contributed by atoms with van der Waals surface area (Å²) < 4.78 is 24.2.